The van der Waals surface area contributed by atoms with Gasteiger partial charge in [-0.1, -0.05) is 6.92 Å². The van der Waals surface area contributed by atoms with Crippen molar-refractivity contribution in [2.45, 2.75) is 26.3 Å². The zero-order valence-electron chi connectivity index (χ0n) is 12.1. The minimum absolute atomic E-state index is 0.577. The SMILES string of the molecule is CCC1C2CNCC2CN1c1nc2cc(C)ccn2n1. The quantitative estimate of drug-likeness (QED) is 0.898. The maximum absolute atomic E-state index is 4.74. The summed E-state index contributed by atoms with van der Waals surface area (Å²) >= 11 is 0. The summed E-state index contributed by atoms with van der Waals surface area (Å²) in [5.41, 5.74) is 2.18. The van der Waals surface area contributed by atoms with E-state index in [0.717, 1.165) is 49.5 Å². The van der Waals surface area contributed by atoms with Crippen LogP contribution in [0.2, 0.25) is 0 Å². The van der Waals surface area contributed by atoms with Crippen LogP contribution in [0.5, 0.6) is 0 Å². The van der Waals surface area contributed by atoms with Crippen LogP contribution >= 0.6 is 0 Å². The van der Waals surface area contributed by atoms with Crippen molar-refractivity contribution in [1.29, 1.82) is 0 Å². The van der Waals surface area contributed by atoms with Gasteiger partial charge in [-0.2, -0.15) is 4.98 Å². The lowest BCUT2D eigenvalue weighted by Gasteiger charge is -2.25. The number of aryl methyl sites for hydroxylation is 1. The molecule has 20 heavy (non-hydrogen) atoms. The average Bonchev–Trinajstić information content (AvgIpc) is 3.09. The Bertz CT molecular complexity index is 634. The van der Waals surface area contributed by atoms with Crippen LogP contribution in [0.3, 0.4) is 0 Å². The maximum atomic E-state index is 4.74. The summed E-state index contributed by atoms with van der Waals surface area (Å²) in [6, 6.07) is 4.75. The molecule has 0 saturated carbocycles. The molecule has 0 amide bonds. The van der Waals surface area contributed by atoms with Gasteiger partial charge >= 0.3 is 0 Å². The highest BCUT2D eigenvalue weighted by Crippen LogP contribution is 2.36. The number of aromatic nitrogens is 3. The summed E-state index contributed by atoms with van der Waals surface area (Å²) in [6.45, 7) is 7.75. The molecule has 0 radical (unpaired) electrons. The van der Waals surface area contributed by atoms with Crippen molar-refractivity contribution in [2.24, 2.45) is 11.8 Å². The molecule has 2 aromatic heterocycles. The molecule has 2 aliphatic heterocycles. The average molecular weight is 271 g/mol. The van der Waals surface area contributed by atoms with Crippen molar-refractivity contribution in [1.82, 2.24) is 19.9 Å². The zero-order valence-corrected chi connectivity index (χ0v) is 12.1. The van der Waals surface area contributed by atoms with Gasteiger partial charge in [-0.15, -0.1) is 5.10 Å². The van der Waals surface area contributed by atoms with Gasteiger partial charge in [0, 0.05) is 31.9 Å². The third kappa shape index (κ3) is 1.73. The number of nitrogens with one attached hydrogen (secondary N) is 1. The summed E-state index contributed by atoms with van der Waals surface area (Å²) in [7, 11) is 0. The molecule has 2 fully saturated rings. The third-order valence-electron chi connectivity index (χ3n) is 4.87. The molecule has 4 heterocycles. The monoisotopic (exact) mass is 271 g/mol. The highest BCUT2D eigenvalue weighted by molar-refractivity contribution is 5.47. The highest BCUT2D eigenvalue weighted by Gasteiger charge is 2.44. The van der Waals surface area contributed by atoms with Gasteiger partial charge in [-0.3, -0.25) is 0 Å². The van der Waals surface area contributed by atoms with Crippen molar-refractivity contribution in [3.63, 3.8) is 0 Å². The van der Waals surface area contributed by atoms with Crippen LogP contribution < -0.4 is 10.2 Å². The molecular formula is C15H21N5. The Morgan fingerprint density at radius 3 is 3.15 bits per heavy atom. The van der Waals surface area contributed by atoms with Gasteiger partial charge in [0.05, 0.1) is 0 Å². The standard InChI is InChI=1S/C15H21N5/c1-3-13-12-8-16-7-11(12)9-19(13)15-17-14-6-10(2)4-5-20(14)18-15/h4-6,11-13,16H,3,7-9H2,1-2H3. The van der Waals surface area contributed by atoms with E-state index in [0.29, 0.717) is 6.04 Å². The second kappa shape index (κ2) is 4.45. The smallest absolute Gasteiger partial charge is 0.245 e. The molecule has 4 rings (SSSR count). The van der Waals surface area contributed by atoms with Gasteiger partial charge in [-0.25, -0.2) is 4.52 Å². The van der Waals surface area contributed by atoms with Crippen LogP contribution in [0.1, 0.15) is 18.9 Å². The van der Waals surface area contributed by atoms with E-state index in [2.05, 4.69) is 41.3 Å². The van der Waals surface area contributed by atoms with Crippen molar-refractivity contribution in [3.8, 4) is 0 Å². The van der Waals surface area contributed by atoms with Crippen molar-refractivity contribution in [2.75, 3.05) is 24.5 Å². The van der Waals surface area contributed by atoms with Gasteiger partial charge in [0.1, 0.15) is 0 Å². The molecular weight excluding hydrogens is 250 g/mol. The lowest BCUT2D eigenvalue weighted by molar-refractivity contribution is 0.440. The fraction of sp³-hybridized carbons (Fsp3) is 0.600. The first-order chi connectivity index (χ1) is 9.76. The van der Waals surface area contributed by atoms with E-state index in [1.165, 1.54) is 5.56 Å². The molecule has 0 bridgehead atoms. The molecule has 106 valence electrons. The second-order valence-corrected chi connectivity index (χ2v) is 6.13. The summed E-state index contributed by atoms with van der Waals surface area (Å²) in [4.78, 5) is 7.17. The van der Waals surface area contributed by atoms with Crippen LogP contribution in [-0.2, 0) is 0 Å². The largest absolute Gasteiger partial charge is 0.336 e. The lowest BCUT2D eigenvalue weighted by Crippen LogP contribution is -2.35. The summed E-state index contributed by atoms with van der Waals surface area (Å²) in [5.74, 6) is 2.42. The first kappa shape index (κ1) is 12.1. The minimum atomic E-state index is 0.577. The fourth-order valence-electron chi connectivity index (χ4n) is 3.87. The summed E-state index contributed by atoms with van der Waals surface area (Å²) < 4.78 is 1.89. The third-order valence-corrected chi connectivity index (χ3v) is 4.87. The maximum Gasteiger partial charge on any atom is 0.245 e. The predicted octanol–water partition coefficient (Wildman–Crippen LogP) is 1.47. The number of hydrogen-bond donors (Lipinski definition) is 1. The Morgan fingerprint density at radius 1 is 1.40 bits per heavy atom. The zero-order chi connectivity index (χ0) is 13.7. The van der Waals surface area contributed by atoms with Gasteiger partial charge in [0.2, 0.25) is 5.95 Å². The molecule has 0 spiro atoms. The van der Waals surface area contributed by atoms with Crippen LogP contribution in [0.15, 0.2) is 18.3 Å². The van der Waals surface area contributed by atoms with Crippen molar-refractivity contribution < 1.29 is 0 Å². The second-order valence-electron chi connectivity index (χ2n) is 6.13. The minimum Gasteiger partial charge on any atom is -0.336 e. The van der Waals surface area contributed by atoms with E-state index < -0.39 is 0 Å². The Kier molecular flexibility index (Phi) is 2.70. The Labute approximate surface area is 119 Å². The number of anilines is 1. The predicted molar refractivity (Wildman–Crippen MR) is 79.0 cm³/mol. The summed E-state index contributed by atoms with van der Waals surface area (Å²) in [6.07, 6.45) is 3.16. The number of pyridine rings is 1. The molecule has 2 saturated heterocycles. The van der Waals surface area contributed by atoms with Crippen molar-refractivity contribution >= 4 is 11.6 Å². The Morgan fingerprint density at radius 2 is 2.30 bits per heavy atom. The molecule has 0 aliphatic carbocycles. The van der Waals surface area contributed by atoms with Gasteiger partial charge in [0.25, 0.3) is 0 Å². The van der Waals surface area contributed by atoms with Crippen LogP contribution in [0.4, 0.5) is 5.95 Å². The number of nitrogens with zero attached hydrogens (tertiary/aromatic N) is 4. The molecule has 5 heteroatoms. The van der Waals surface area contributed by atoms with Gasteiger partial charge in [0.15, 0.2) is 5.65 Å². The lowest BCUT2D eigenvalue weighted by atomic mass is 9.93. The van der Waals surface area contributed by atoms with E-state index in [1.807, 2.05) is 10.7 Å². The molecule has 2 aromatic rings. The van der Waals surface area contributed by atoms with Crippen LogP contribution in [0.25, 0.3) is 5.65 Å². The van der Waals surface area contributed by atoms with E-state index in [4.69, 9.17) is 4.98 Å². The first-order valence-corrected chi connectivity index (χ1v) is 7.56. The molecule has 1 N–H and O–H groups in total. The topological polar surface area (TPSA) is 45.5 Å². The number of fused-ring (bicyclic) bond motifs is 2. The Hall–Kier alpha value is -1.62. The van der Waals surface area contributed by atoms with Gasteiger partial charge in [-0.05, 0) is 42.9 Å². The number of hydrogen-bond acceptors (Lipinski definition) is 4. The van der Waals surface area contributed by atoms with E-state index in [9.17, 15) is 0 Å². The molecule has 3 unspecified atom stereocenters. The number of rotatable bonds is 2. The highest BCUT2D eigenvalue weighted by atomic mass is 15.4. The molecule has 5 nitrogen and oxygen atoms in total. The van der Waals surface area contributed by atoms with E-state index >= 15 is 0 Å². The fourth-order valence-corrected chi connectivity index (χ4v) is 3.87. The molecule has 2 aliphatic rings. The van der Waals surface area contributed by atoms with Crippen molar-refractivity contribution in [3.05, 3.63) is 23.9 Å². The first-order valence-electron chi connectivity index (χ1n) is 7.56. The Balaban J connectivity index is 1.71. The summed E-state index contributed by atoms with van der Waals surface area (Å²) in [5, 5.41) is 8.19. The van der Waals surface area contributed by atoms with E-state index in [-0.39, 0.29) is 0 Å². The van der Waals surface area contributed by atoms with Crippen LogP contribution in [-0.4, -0.2) is 40.3 Å². The van der Waals surface area contributed by atoms with Crippen LogP contribution in [0, 0.1) is 18.8 Å². The van der Waals surface area contributed by atoms with Gasteiger partial charge < -0.3 is 10.2 Å². The van der Waals surface area contributed by atoms with E-state index in [1.54, 1.807) is 0 Å². The molecule has 0 aromatic carbocycles. The normalized spacial score (nSPS) is 29.3. The molecule has 3 atom stereocenters.